The number of aliphatic hydroxyl groups excluding tert-OH is 1. The molecule has 1 heterocycles. The van der Waals surface area contributed by atoms with E-state index in [-0.39, 0.29) is 19.0 Å². The predicted molar refractivity (Wildman–Crippen MR) is 79.5 cm³/mol. The molecule has 3 aromatic rings. The zero-order chi connectivity index (χ0) is 13.9. The first-order valence-electron chi connectivity index (χ1n) is 6.91. The zero-order valence-electron chi connectivity index (χ0n) is 12.0. The lowest BCUT2D eigenvalue weighted by atomic mass is 10.1. The van der Waals surface area contributed by atoms with Crippen molar-refractivity contribution in [2.24, 2.45) is 0 Å². The summed E-state index contributed by atoms with van der Waals surface area (Å²) >= 11 is 0. The summed E-state index contributed by atoms with van der Waals surface area (Å²) in [7, 11) is 0. The van der Waals surface area contributed by atoms with E-state index in [1.807, 2.05) is 6.07 Å². The maximum Gasteiger partial charge on any atom is 0.245 e. The number of hydrogen-bond donors (Lipinski definition) is 1. The Morgan fingerprint density at radius 1 is 1.10 bits per heavy atom. The van der Waals surface area contributed by atoms with Crippen LogP contribution in [0.15, 0.2) is 54.9 Å². The van der Waals surface area contributed by atoms with Crippen molar-refractivity contribution in [3.05, 3.63) is 66.0 Å². The van der Waals surface area contributed by atoms with Crippen molar-refractivity contribution in [3.63, 3.8) is 0 Å². The normalized spacial score (nSPS) is 10.6. The lowest BCUT2D eigenvalue weighted by molar-refractivity contribution is -0.663. The van der Waals surface area contributed by atoms with Crippen LogP contribution in [0.1, 0.15) is 11.1 Å². The minimum atomic E-state index is 0. The van der Waals surface area contributed by atoms with Crippen molar-refractivity contribution in [1.82, 2.24) is 4.57 Å². The fourth-order valence-electron chi connectivity index (χ4n) is 2.66. The van der Waals surface area contributed by atoms with Crippen molar-refractivity contribution in [3.8, 4) is 0 Å². The van der Waals surface area contributed by atoms with Crippen LogP contribution in [0.3, 0.4) is 0 Å². The molecule has 1 aromatic heterocycles. The molecule has 110 valence electrons. The number of imidazole rings is 1. The molecule has 21 heavy (non-hydrogen) atoms. The van der Waals surface area contributed by atoms with E-state index in [9.17, 15) is 5.11 Å². The number of halogens is 1. The molecule has 0 unspecified atom stereocenters. The quantitative estimate of drug-likeness (QED) is 0.634. The third-order valence-corrected chi connectivity index (χ3v) is 3.56. The average molecular weight is 303 g/mol. The maximum atomic E-state index is 9.18. The van der Waals surface area contributed by atoms with Crippen LogP contribution in [0, 0.1) is 6.92 Å². The van der Waals surface area contributed by atoms with Crippen molar-refractivity contribution in [2.75, 3.05) is 6.61 Å². The van der Waals surface area contributed by atoms with Crippen LogP contribution in [0.4, 0.5) is 0 Å². The Balaban J connectivity index is 0.00000161. The molecule has 0 radical (unpaired) electrons. The molecule has 0 aliphatic carbocycles. The molecule has 0 saturated carbocycles. The summed E-state index contributed by atoms with van der Waals surface area (Å²) in [4.78, 5) is 0. The largest absolute Gasteiger partial charge is 1.00 e. The fraction of sp³-hybridized carbons (Fsp3) is 0.235. The van der Waals surface area contributed by atoms with Crippen LogP contribution in [0.5, 0.6) is 0 Å². The van der Waals surface area contributed by atoms with Crippen LogP contribution >= 0.6 is 0 Å². The van der Waals surface area contributed by atoms with Crippen LogP contribution in [0.25, 0.3) is 11.0 Å². The summed E-state index contributed by atoms with van der Waals surface area (Å²) in [5.41, 5.74) is 4.93. The molecule has 0 saturated heterocycles. The highest BCUT2D eigenvalue weighted by Crippen LogP contribution is 2.12. The lowest BCUT2D eigenvalue weighted by Crippen LogP contribution is -3.00. The molecule has 1 N–H and O–H groups in total. The summed E-state index contributed by atoms with van der Waals surface area (Å²) in [6.07, 6.45) is 2.09. The second-order valence-corrected chi connectivity index (χ2v) is 5.14. The van der Waals surface area contributed by atoms with Gasteiger partial charge in [-0.1, -0.05) is 42.0 Å². The second kappa shape index (κ2) is 6.74. The smallest absolute Gasteiger partial charge is 0.245 e. The molecule has 0 aliphatic rings. The van der Waals surface area contributed by atoms with E-state index in [1.165, 1.54) is 16.6 Å². The van der Waals surface area contributed by atoms with Gasteiger partial charge in [0.1, 0.15) is 13.1 Å². The first-order valence-corrected chi connectivity index (χ1v) is 6.91. The van der Waals surface area contributed by atoms with Gasteiger partial charge in [-0.25, -0.2) is 9.13 Å². The molecule has 3 nitrogen and oxygen atoms in total. The van der Waals surface area contributed by atoms with Crippen molar-refractivity contribution >= 4 is 11.0 Å². The third kappa shape index (κ3) is 3.26. The molecule has 0 aliphatic heterocycles. The van der Waals surface area contributed by atoms with Crippen molar-refractivity contribution in [1.29, 1.82) is 0 Å². The van der Waals surface area contributed by atoms with Gasteiger partial charge in [-0.15, -0.1) is 0 Å². The summed E-state index contributed by atoms with van der Waals surface area (Å²) in [6, 6.07) is 16.9. The Morgan fingerprint density at radius 2 is 1.90 bits per heavy atom. The van der Waals surface area contributed by atoms with Crippen molar-refractivity contribution in [2.45, 2.75) is 20.0 Å². The number of para-hydroxylation sites is 2. The van der Waals surface area contributed by atoms with E-state index < -0.39 is 0 Å². The molecular weight excluding hydrogens is 284 g/mol. The van der Waals surface area contributed by atoms with Gasteiger partial charge in [0.2, 0.25) is 6.33 Å². The Bertz CT molecular complexity index is 736. The SMILES string of the molecule is Cc1cccc(C[n+]2cn(CCO)c3ccccc32)c1.[Cl-]. The molecule has 2 aromatic carbocycles. The Hall–Kier alpha value is -1.84. The van der Waals surface area contributed by atoms with Gasteiger partial charge < -0.3 is 17.5 Å². The molecule has 4 heteroatoms. The highest BCUT2D eigenvalue weighted by molar-refractivity contribution is 5.71. The zero-order valence-corrected chi connectivity index (χ0v) is 12.8. The van der Waals surface area contributed by atoms with Gasteiger partial charge in [0, 0.05) is 0 Å². The van der Waals surface area contributed by atoms with Gasteiger partial charge in [-0.05, 0) is 24.6 Å². The summed E-state index contributed by atoms with van der Waals surface area (Å²) in [6.45, 7) is 3.74. The fourth-order valence-corrected chi connectivity index (χ4v) is 2.66. The molecule has 0 spiro atoms. The average Bonchev–Trinajstić information content (AvgIpc) is 2.78. The lowest BCUT2D eigenvalue weighted by Gasteiger charge is -2.00. The number of nitrogens with zero attached hydrogens (tertiary/aromatic N) is 2. The van der Waals surface area contributed by atoms with Gasteiger partial charge in [-0.2, -0.15) is 0 Å². The van der Waals surface area contributed by atoms with Gasteiger partial charge in [0.05, 0.1) is 6.61 Å². The highest BCUT2D eigenvalue weighted by atomic mass is 35.5. The highest BCUT2D eigenvalue weighted by Gasteiger charge is 2.14. The minimum absolute atomic E-state index is 0. The number of aliphatic hydroxyl groups is 1. The Labute approximate surface area is 130 Å². The van der Waals surface area contributed by atoms with E-state index in [0.29, 0.717) is 6.54 Å². The van der Waals surface area contributed by atoms with Crippen molar-refractivity contribution < 1.29 is 22.1 Å². The first kappa shape index (κ1) is 15.5. The van der Waals surface area contributed by atoms with Gasteiger partial charge in [0.15, 0.2) is 11.0 Å². The van der Waals surface area contributed by atoms with E-state index in [2.05, 4.69) is 64.8 Å². The van der Waals surface area contributed by atoms with Gasteiger partial charge in [-0.3, -0.25) is 0 Å². The van der Waals surface area contributed by atoms with Crippen LogP contribution < -0.4 is 17.0 Å². The number of fused-ring (bicyclic) bond motifs is 1. The number of rotatable bonds is 4. The molecule has 3 rings (SSSR count). The summed E-state index contributed by atoms with van der Waals surface area (Å²) in [5.74, 6) is 0. The molecule has 0 fully saturated rings. The minimum Gasteiger partial charge on any atom is -1.00 e. The standard InChI is InChI=1S/C17H19N2O.ClH/c1-14-5-4-6-15(11-14)12-19-13-18(9-10-20)16-7-2-3-8-17(16)19;/h2-8,11,13,20H,9-10,12H2,1H3;1H/q+1;/p-1. The van der Waals surface area contributed by atoms with Crippen LogP contribution in [0.2, 0.25) is 0 Å². The van der Waals surface area contributed by atoms with Gasteiger partial charge >= 0.3 is 0 Å². The molecule has 0 amide bonds. The van der Waals surface area contributed by atoms with Crippen LogP contribution in [-0.4, -0.2) is 16.3 Å². The monoisotopic (exact) mass is 302 g/mol. The number of benzene rings is 2. The number of aromatic nitrogens is 2. The van der Waals surface area contributed by atoms with E-state index in [4.69, 9.17) is 0 Å². The maximum absolute atomic E-state index is 9.18. The van der Waals surface area contributed by atoms with Gasteiger partial charge in [0.25, 0.3) is 0 Å². The van der Waals surface area contributed by atoms with E-state index in [1.54, 1.807) is 0 Å². The summed E-state index contributed by atoms with van der Waals surface area (Å²) < 4.78 is 4.34. The Morgan fingerprint density at radius 3 is 2.67 bits per heavy atom. The van der Waals surface area contributed by atoms with E-state index >= 15 is 0 Å². The van der Waals surface area contributed by atoms with E-state index in [0.717, 1.165) is 12.1 Å². The second-order valence-electron chi connectivity index (χ2n) is 5.14. The van der Waals surface area contributed by atoms with Crippen LogP contribution in [-0.2, 0) is 13.1 Å². The number of hydrogen-bond acceptors (Lipinski definition) is 1. The first-order chi connectivity index (χ1) is 9.78. The Kier molecular flexibility index (Phi) is 4.99. The third-order valence-electron chi connectivity index (χ3n) is 3.56. The molecule has 0 bridgehead atoms. The summed E-state index contributed by atoms with van der Waals surface area (Å²) in [5, 5.41) is 9.18. The molecule has 0 atom stereocenters. The number of aryl methyl sites for hydroxylation is 1. The molecular formula is C17H19ClN2O. The topological polar surface area (TPSA) is 29.0 Å². The predicted octanol–water partition coefficient (Wildman–Crippen LogP) is -0.718.